The Hall–Kier alpha value is -3.02. The van der Waals surface area contributed by atoms with Gasteiger partial charge in [-0.1, -0.05) is 51.1 Å². The summed E-state index contributed by atoms with van der Waals surface area (Å²) in [6.45, 7) is 9.62. The van der Waals surface area contributed by atoms with Crippen LogP contribution in [-0.2, 0) is 14.8 Å². The molecule has 5 unspecified atom stereocenters. The lowest BCUT2D eigenvalue weighted by Gasteiger charge is -2.25. The molecule has 0 radical (unpaired) electrons. The summed E-state index contributed by atoms with van der Waals surface area (Å²) < 4.78 is 40.0. The van der Waals surface area contributed by atoms with Crippen LogP contribution in [0.25, 0.3) is 11.5 Å². The van der Waals surface area contributed by atoms with Crippen LogP contribution < -0.4 is 15.4 Å². The molecule has 1 aliphatic rings. The van der Waals surface area contributed by atoms with E-state index in [0.29, 0.717) is 48.7 Å². The van der Waals surface area contributed by atoms with Crippen molar-refractivity contribution in [1.29, 1.82) is 0 Å². The van der Waals surface area contributed by atoms with E-state index in [9.17, 15) is 8.42 Å². The largest absolute Gasteiger partial charge is 0.420 e. The van der Waals surface area contributed by atoms with Gasteiger partial charge in [0.05, 0.1) is 17.8 Å². The molecular formula is C28H40N6O4S. The average Bonchev–Trinajstić information content (AvgIpc) is 3.41. The van der Waals surface area contributed by atoms with E-state index >= 15 is 0 Å². The highest BCUT2D eigenvalue weighted by molar-refractivity contribution is 7.93. The third-order valence-corrected chi connectivity index (χ3v) is 9.47. The zero-order valence-corrected chi connectivity index (χ0v) is 24.2. The van der Waals surface area contributed by atoms with Gasteiger partial charge in [-0.2, -0.15) is 0 Å². The number of methoxy groups -OCH3 is 1. The molecule has 3 aromatic rings. The van der Waals surface area contributed by atoms with E-state index in [4.69, 9.17) is 19.9 Å². The van der Waals surface area contributed by atoms with Gasteiger partial charge in [0.15, 0.2) is 0 Å². The Morgan fingerprint density at radius 1 is 1.21 bits per heavy atom. The summed E-state index contributed by atoms with van der Waals surface area (Å²) >= 11 is 0. The molecule has 39 heavy (non-hydrogen) atoms. The van der Waals surface area contributed by atoms with Gasteiger partial charge >= 0.3 is 0 Å². The maximum absolute atomic E-state index is 12.9. The lowest BCUT2D eigenvalue weighted by Crippen LogP contribution is -2.31. The van der Waals surface area contributed by atoms with Crippen molar-refractivity contribution in [3.05, 3.63) is 53.9 Å². The molecule has 5 atom stereocenters. The summed E-state index contributed by atoms with van der Waals surface area (Å²) in [5.41, 5.74) is 8.04. The quantitative estimate of drug-likeness (QED) is 0.292. The van der Waals surface area contributed by atoms with E-state index in [0.717, 1.165) is 18.5 Å². The first kappa shape index (κ1) is 29.0. The van der Waals surface area contributed by atoms with E-state index < -0.39 is 15.3 Å². The summed E-state index contributed by atoms with van der Waals surface area (Å²) in [6, 6.07) is 12.9. The molecule has 1 saturated carbocycles. The monoisotopic (exact) mass is 556 g/mol. The van der Waals surface area contributed by atoms with Crippen molar-refractivity contribution in [1.82, 2.24) is 15.2 Å². The number of sulfonamides is 1. The fourth-order valence-corrected chi connectivity index (χ4v) is 5.45. The number of nitrogens with two attached hydrogens (primary N) is 1. The summed E-state index contributed by atoms with van der Waals surface area (Å²) in [5.74, 6) is 2.49. The zero-order valence-electron chi connectivity index (χ0n) is 23.4. The van der Waals surface area contributed by atoms with Gasteiger partial charge in [0.2, 0.25) is 21.8 Å². The highest BCUT2D eigenvalue weighted by Crippen LogP contribution is 2.39. The molecule has 3 N–H and O–H groups in total. The van der Waals surface area contributed by atoms with Gasteiger partial charge in [-0.3, -0.25) is 4.72 Å². The van der Waals surface area contributed by atoms with Crippen molar-refractivity contribution in [2.45, 2.75) is 57.7 Å². The van der Waals surface area contributed by atoms with Gasteiger partial charge in [-0.25, -0.2) is 13.4 Å². The molecule has 4 rings (SSSR count). The SMILES string of the molecule is CCC(C)S(=O)(=O)Nc1cc(-c2nnc(C(C)C(N)c3ccccc3)o2)cc(N(CCOC)CC2CC2C)n1. The number of nitrogens with zero attached hydrogens (tertiary/aromatic N) is 4. The molecule has 0 spiro atoms. The number of hydrogen-bond donors (Lipinski definition) is 2. The Balaban J connectivity index is 1.69. The zero-order chi connectivity index (χ0) is 28.2. The maximum atomic E-state index is 12.9. The molecule has 1 fully saturated rings. The maximum Gasteiger partial charge on any atom is 0.248 e. The van der Waals surface area contributed by atoms with Gasteiger partial charge < -0.3 is 19.8 Å². The lowest BCUT2D eigenvalue weighted by atomic mass is 9.95. The smallest absolute Gasteiger partial charge is 0.248 e. The third-order valence-electron chi connectivity index (χ3n) is 7.58. The Morgan fingerprint density at radius 2 is 1.92 bits per heavy atom. The second-order valence-electron chi connectivity index (χ2n) is 10.5. The minimum absolute atomic E-state index is 0.211. The molecule has 2 aromatic heterocycles. The number of benzene rings is 1. The molecule has 0 aliphatic heterocycles. The topological polar surface area (TPSA) is 136 Å². The molecule has 11 heteroatoms. The van der Waals surface area contributed by atoms with Crippen LogP contribution in [0, 0.1) is 11.8 Å². The molecule has 0 saturated heterocycles. The van der Waals surface area contributed by atoms with E-state index in [1.54, 1.807) is 20.1 Å². The average molecular weight is 557 g/mol. The summed E-state index contributed by atoms with van der Waals surface area (Å²) in [5, 5.41) is 8.02. The number of aromatic nitrogens is 3. The van der Waals surface area contributed by atoms with Crippen LogP contribution in [0.2, 0.25) is 0 Å². The summed E-state index contributed by atoms with van der Waals surface area (Å²) in [6.07, 6.45) is 1.64. The van der Waals surface area contributed by atoms with Crippen LogP contribution >= 0.6 is 0 Å². The normalized spacial score (nSPS) is 19.3. The number of ether oxygens (including phenoxy) is 1. The first-order valence-electron chi connectivity index (χ1n) is 13.5. The van der Waals surface area contributed by atoms with E-state index in [2.05, 4.69) is 26.7 Å². The van der Waals surface area contributed by atoms with Gasteiger partial charge in [0, 0.05) is 31.8 Å². The van der Waals surface area contributed by atoms with Crippen LogP contribution in [0.5, 0.6) is 0 Å². The lowest BCUT2D eigenvalue weighted by molar-refractivity contribution is 0.204. The predicted molar refractivity (Wildman–Crippen MR) is 153 cm³/mol. The van der Waals surface area contributed by atoms with Crippen molar-refractivity contribution in [3.63, 3.8) is 0 Å². The third kappa shape index (κ3) is 7.14. The van der Waals surface area contributed by atoms with Crippen LogP contribution in [-0.4, -0.2) is 55.7 Å². The number of hydrogen-bond acceptors (Lipinski definition) is 9. The van der Waals surface area contributed by atoms with Crippen molar-refractivity contribution in [2.24, 2.45) is 17.6 Å². The molecule has 1 aromatic carbocycles. The van der Waals surface area contributed by atoms with Crippen molar-refractivity contribution in [3.8, 4) is 11.5 Å². The molecule has 10 nitrogen and oxygen atoms in total. The van der Waals surface area contributed by atoms with Crippen molar-refractivity contribution < 1.29 is 17.6 Å². The second-order valence-corrected chi connectivity index (χ2v) is 12.6. The minimum atomic E-state index is -3.63. The first-order valence-corrected chi connectivity index (χ1v) is 15.1. The van der Waals surface area contributed by atoms with Crippen LogP contribution in [0.15, 0.2) is 46.9 Å². The van der Waals surface area contributed by atoms with Gasteiger partial charge in [0.25, 0.3) is 0 Å². The highest BCUT2D eigenvalue weighted by atomic mass is 32.2. The van der Waals surface area contributed by atoms with Crippen LogP contribution in [0.1, 0.15) is 64.0 Å². The fourth-order valence-electron chi connectivity index (χ4n) is 4.41. The fraction of sp³-hybridized carbons (Fsp3) is 0.536. The standard InChI is InChI=1S/C28H40N6O4S/c1-6-19(3)39(35,36)33-24-15-22(16-25(30-24)34(12-13-37-5)17-23-14-18(23)2)28-32-31-27(38-28)20(4)26(29)21-10-8-7-9-11-21/h7-11,15-16,18-20,23,26H,6,12-14,17,29H2,1-5H3,(H,30,33). The summed E-state index contributed by atoms with van der Waals surface area (Å²) in [4.78, 5) is 6.83. The molecule has 1 aliphatic carbocycles. The Bertz CT molecular complexity index is 1330. The van der Waals surface area contributed by atoms with Crippen molar-refractivity contribution >= 4 is 21.7 Å². The number of anilines is 2. The predicted octanol–water partition coefficient (Wildman–Crippen LogP) is 4.58. The molecule has 0 amide bonds. The highest BCUT2D eigenvalue weighted by Gasteiger charge is 2.34. The molecular weight excluding hydrogens is 516 g/mol. The minimum Gasteiger partial charge on any atom is -0.420 e. The Labute approximate surface area is 231 Å². The summed E-state index contributed by atoms with van der Waals surface area (Å²) in [7, 11) is -1.97. The molecule has 2 heterocycles. The number of rotatable bonds is 14. The molecule has 0 bridgehead atoms. The number of nitrogens with one attached hydrogen (secondary N) is 1. The van der Waals surface area contributed by atoms with Crippen LogP contribution in [0.3, 0.4) is 0 Å². The van der Waals surface area contributed by atoms with E-state index in [1.165, 1.54) is 0 Å². The van der Waals surface area contributed by atoms with E-state index in [1.807, 2.05) is 50.2 Å². The van der Waals surface area contributed by atoms with Crippen LogP contribution in [0.4, 0.5) is 11.6 Å². The molecule has 212 valence electrons. The Kier molecular flexibility index (Phi) is 9.24. The van der Waals surface area contributed by atoms with Gasteiger partial charge in [0.1, 0.15) is 11.6 Å². The van der Waals surface area contributed by atoms with Gasteiger partial charge in [-0.15, -0.1) is 10.2 Å². The Morgan fingerprint density at radius 3 is 2.56 bits per heavy atom. The second kappa shape index (κ2) is 12.4. The van der Waals surface area contributed by atoms with Gasteiger partial charge in [-0.05, 0) is 49.3 Å². The van der Waals surface area contributed by atoms with Crippen molar-refractivity contribution in [2.75, 3.05) is 36.4 Å². The first-order chi connectivity index (χ1) is 18.6. The van der Waals surface area contributed by atoms with E-state index in [-0.39, 0.29) is 23.7 Å². The number of pyridine rings is 1.